The van der Waals surface area contributed by atoms with Gasteiger partial charge in [-0.1, -0.05) is 25.1 Å². The summed E-state index contributed by atoms with van der Waals surface area (Å²) in [6.45, 7) is 2.25. The maximum atomic E-state index is 12.4. The van der Waals surface area contributed by atoms with E-state index in [1.54, 1.807) is 24.3 Å². The van der Waals surface area contributed by atoms with E-state index in [4.69, 9.17) is 10.8 Å². The fourth-order valence-electron chi connectivity index (χ4n) is 1.92. The van der Waals surface area contributed by atoms with Crippen molar-refractivity contribution in [2.75, 3.05) is 11.9 Å². The third kappa shape index (κ3) is 6.46. The highest BCUT2D eigenvalue weighted by Crippen LogP contribution is 2.32. The molecule has 140 valence electrons. The van der Waals surface area contributed by atoms with Crippen molar-refractivity contribution in [3.63, 3.8) is 0 Å². The largest absolute Gasteiger partial charge is 0.478 e. The normalized spacial score (nSPS) is 10.5. The van der Waals surface area contributed by atoms with Gasteiger partial charge in [0.2, 0.25) is 5.91 Å². The van der Waals surface area contributed by atoms with Gasteiger partial charge in [0.15, 0.2) is 0 Å². The first kappa shape index (κ1) is 21.0. The molecule has 0 aliphatic carbocycles. The van der Waals surface area contributed by atoms with Gasteiger partial charge in [0.25, 0.3) is 0 Å². The highest BCUT2D eigenvalue weighted by molar-refractivity contribution is 5.94. The first-order chi connectivity index (χ1) is 12.2. The quantitative estimate of drug-likeness (QED) is 0.743. The monoisotopic (exact) mass is 368 g/mol. The van der Waals surface area contributed by atoms with E-state index >= 15 is 0 Å². The van der Waals surface area contributed by atoms with Gasteiger partial charge in [-0.05, 0) is 36.8 Å². The number of carboxylic acids is 1. The number of rotatable bonds is 5. The van der Waals surface area contributed by atoms with Crippen LogP contribution in [0.2, 0.25) is 0 Å². The molecule has 2 aromatic carbocycles. The van der Waals surface area contributed by atoms with Crippen LogP contribution in [0.15, 0.2) is 48.5 Å². The van der Waals surface area contributed by atoms with Gasteiger partial charge in [-0.2, -0.15) is 13.2 Å². The fourth-order valence-corrected chi connectivity index (χ4v) is 1.92. The smallest absolute Gasteiger partial charge is 0.416 e. The zero-order chi connectivity index (χ0) is 19.7. The number of aromatic carboxylic acids is 1. The maximum absolute atomic E-state index is 12.4. The van der Waals surface area contributed by atoms with Crippen LogP contribution in [0.5, 0.6) is 0 Å². The Morgan fingerprint density at radius 2 is 1.73 bits per heavy atom. The molecule has 8 heteroatoms. The summed E-state index contributed by atoms with van der Waals surface area (Å²) in [6.07, 6.45) is -3.78. The van der Waals surface area contributed by atoms with Crippen LogP contribution in [-0.2, 0) is 6.18 Å². The van der Waals surface area contributed by atoms with Gasteiger partial charge in [-0.15, -0.1) is 0 Å². The Morgan fingerprint density at radius 3 is 2.15 bits per heavy atom. The van der Waals surface area contributed by atoms with Crippen LogP contribution in [-0.4, -0.2) is 23.5 Å². The minimum Gasteiger partial charge on any atom is -0.478 e. The van der Waals surface area contributed by atoms with Crippen molar-refractivity contribution in [2.45, 2.75) is 19.5 Å². The molecule has 2 rings (SSSR count). The number of carbonyl (C=O) groups is 2. The van der Waals surface area contributed by atoms with Gasteiger partial charge in [-0.3, -0.25) is 4.79 Å². The Morgan fingerprint density at radius 1 is 1.12 bits per heavy atom. The number of carboxylic acid groups (broad SMARTS) is 1. The second-order valence-electron chi connectivity index (χ2n) is 5.22. The predicted octanol–water partition coefficient (Wildman–Crippen LogP) is 4.01. The van der Waals surface area contributed by atoms with Crippen LogP contribution in [0.25, 0.3) is 0 Å². The third-order valence-corrected chi connectivity index (χ3v) is 3.20. The Balaban J connectivity index is 0.000000314. The summed E-state index contributed by atoms with van der Waals surface area (Å²) in [6, 6.07) is 11.3. The molecule has 0 spiro atoms. The standard InChI is InChI=1S/C11H12F3NO2.C7H7NO/c1-2-5-15-9-6-7(11(12,13)14)3-4-8(9)10(16)17;8-7(9)6-4-2-1-3-5-6/h3-4,6,15H,2,5H2,1H3,(H,16,17);1-5H,(H2,8,9). The van der Waals surface area contributed by atoms with Crippen molar-refractivity contribution in [1.82, 2.24) is 0 Å². The van der Waals surface area contributed by atoms with Gasteiger partial charge in [0.05, 0.1) is 11.1 Å². The highest BCUT2D eigenvalue weighted by atomic mass is 19.4. The lowest BCUT2D eigenvalue weighted by Gasteiger charge is -2.12. The molecule has 0 fully saturated rings. The molecule has 4 N–H and O–H groups in total. The predicted molar refractivity (Wildman–Crippen MR) is 92.1 cm³/mol. The molecule has 0 heterocycles. The van der Waals surface area contributed by atoms with Crippen LogP contribution in [0.1, 0.15) is 39.6 Å². The van der Waals surface area contributed by atoms with E-state index in [0.717, 1.165) is 18.2 Å². The molecule has 5 nitrogen and oxygen atoms in total. The van der Waals surface area contributed by atoms with E-state index in [-0.39, 0.29) is 17.2 Å². The summed E-state index contributed by atoms with van der Waals surface area (Å²) in [5.74, 6) is -1.63. The summed E-state index contributed by atoms with van der Waals surface area (Å²) >= 11 is 0. The lowest BCUT2D eigenvalue weighted by Crippen LogP contribution is -2.11. The van der Waals surface area contributed by atoms with E-state index in [1.165, 1.54) is 0 Å². The number of amides is 1. The van der Waals surface area contributed by atoms with Crippen LogP contribution in [0.4, 0.5) is 18.9 Å². The SMILES string of the molecule is CCCNc1cc(C(F)(F)F)ccc1C(=O)O.NC(=O)c1ccccc1. The topological polar surface area (TPSA) is 92.4 Å². The van der Waals surface area contributed by atoms with Gasteiger partial charge in [0.1, 0.15) is 0 Å². The summed E-state index contributed by atoms with van der Waals surface area (Å²) in [5.41, 5.74) is 4.50. The number of anilines is 1. The average Bonchev–Trinajstić information content (AvgIpc) is 2.60. The molecule has 1 amide bonds. The van der Waals surface area contributed by atoms with E-state index in [2.05, 4.69) is 5.32 Å². The maximum Gasteiger partial charge on any atom is 0.416 e. The van der Waals surface area contributed by atoms with Crippen molar-refractivity contribution in [3.8, 4) is 0 Å². The number of nitrogens with one attached hydrogen (secondary N) is 1. The molecule has 26 heavy (non-hydrogen) atoms. The Labute approximate surface area is 148 Å². The first-order valence-corrected chi connectivity index (χ1v) is 7.70. The number of benzene rings is 2. The van der Waals surface area contributed by atoms with E-state index in [1.807, 2.05) is 13.0 Å². The Hall–Kier alpha value is -3.03. The highest BCUT2D eigenvalue weighted by Gasteiger charge is 2.31. The molecular weight excluding hydrogens is 349 g/mol. The average molecular weight is 368 g/mol. The number of carbonyl (C=O) groups excluding carboxylic acids is 1. The number of nitrogens with two attached hydrogens (primary N) is 1. The molecule has 0 unspecified atom stereocenters. The number of halogens is 3. The zero-order valence-corrected chi connectivity index (χ0v) is 14.0. The van der Waals surface area contributed by atoms with E-state index in [0.29, 0.717) is 18.5 Å². The second kappa shape index (κ2) is 9.45. The minimum absolute atomic E-state index is 0.00539. The second-order valence-corrected chi connectivity index (χ2v) is 5.22. The van der Waals surface area contributed by atoms with Gasteiger partial charge >= 0.3 is 12.1 Å². The zero-order valence-electron chi connectivity index (χ0n) is 14.0. The number of primary amides is 1. The van der Waals surface area contributed by atoms with E-state index in [9.17, 15) is 22.8 Å². The lowest BCUT2D eigenvalue weighted by molar-refractivity contribution is -0.137. The number of hydrogen-bond donors (Lipinski definition) is 3. The van der Waals surface area contributed by atoms with Crippen LogP contribution in [0, 0.1) is 0 Å². The number of hydrogen-bond acceptors (Lipinski definition) is 3. The van der Waals surface area contributed by atoms with Gasteiger partial charge in [0, 0.05) is 17.8 Å². The Bertz CT molecular complexity index is 747. The first-order valence-electron chi connectivity index (χ1n) is 7.70. The van der Waals surface area contributed by atoms with Gasteiger partial charge < -0.3 is 16.2 Å². The van der Waals surface area contributed by atoms with Crippen molar-refractivity contribution in [2.24, 2.45) is 5.73 Å². The van der Waals surface area contributed by atoms with Crippen molar-refractivity contribution in [1.29, 1.82) is 0 Å². The lowest BCUT2D eigenvalue weighted by atomic mass is 10.1. The van der Waals surface area contributed by atoms with Gasteiger partial charge in [-0.25, -0.2) is 4.79 Å². The van der Waals surface area contributed by atoms with Crippen LogP contribution < -0.4 is 11.1 Å². The van der Waals surface area contributed by atoms with Crippen molar-refractivity contribution in [3.05, 3.63) is 65.2 Å². The summed E-state index contributed by atoms with van der Waals surface area (Å²) in [4.78, 5) is 21.2. The molecule has 0 aromatic heterocycles. The molecule has 0 saturated carbocycles. The van der Waals surface area contributed by atoms with Crippen LogP contribution in [0.3, 0.4) is 0 Å². The molecule has 0 radical (unpaired) electrons. The summed E-state index contributed by atoms with van der Waals surface area (Å²) in [7, 11) is 0. The van der Waals surface area contributed by atoms with Crippen LogP contribution >= 0.6 is 0 Å². The Kier molecular flexibility index (Phi) is 7.64. The third-order valence-electron chi connectivity index (χ3n) is 3.20. The molecule has 2 aromatic rings. The minimum atomic E-state index is -4.47. The summed E-state index contributed by atoms with van der Waals surface area (Å²) in [5, 5.41) is 11.5. The molecule has 0 aliphatic heterocycles. The summed E-state index contributed by atoms with van der Waals surface area (Å²) < 4.78 is 37.3. The molecule has 0 saturated heterocycles. The molecule has 0 atom stereocenters. The van der Waals surface area contributed by atoms with Crippen molar-refractivity contribution >= 4 is 17.6 Å². The number of alkyl halides is 3. The molecule has 0 aliphatic rings. The molecular formula is C18H19F3N2O3. The van der Waals surface area contributed by atoms with Crippen molar-refractivity contribution < 1.29 is 27.9 Å². The van der Waals surface area contributed by atoms with E-state index < -0.39 is 17.7 Å². The fraction of sp³-hybridized carbons (Fsp3) is 0.222. The molecule has 0 bridgehead atoms.